The second-order valence-electron chi connectivity index (χ2n) is 6.56. The summed E-state index contributed by atoms with van der Waals surface area (Å²) in [5, 5.41) is 9.12. The Balaban J connectivity index is 0.00000225. The third-order valence-electron chi connectivity index (χ3n) is 5.01. The van der Waals surface area contributed by atoms with Gasteiger partial charge in [0.2, 0.25) is 0 Å². The van der Waals surface area contributed by atoms with Crippen LogP contribution in [0.2, 0.25) is 0 Å². The fraction of sp³-hybridized carbons (Fsp3) is 0.526. The molecule has 0 bridgehead atoms. The molecular weight excluding hydrogens is 445 g/mol. The van der Waals surface area contributed by atoms with Crippen LogP contribution in [0, 0.1) is 5.41 Å². The summed E-state index contributed by atoms with van der Waals surface area (Å²) in [6, 6.07) is 8.15. The highest BCUT2D eigenvalue weighted by Crippen LogP contribution is 2.42. The third kappa shape index (κ3) is 6.02. The van der Waals surface area contributed by atoms with Crippen molar-refractivity contribution in [1.82, 2.24) is 10.6 Å². The molecule has 0 saturated heterocycles. The summed E-state index contributed by atoms with van der Waals surface area (Å²) in [5.74, 6) is 1.92. The van der Waals surface area contributed by atoms with E-state index in [1.54, 1.807) is 17.6 Å². The second-order valence-corrected chi connectivity index (χ2v) is 7.59. The number of hydrogen-bond acceptors (Lipinski definition) is 3. The lowest BCUT2D eigenvalue weighted by Crippen LogP contribution is -2.46. The molecule has 0 atom stereocenters. The highest BCUT2D eigenvalue weighted by Gasteiger charge is 2.34. The number of thiophene rings is 1. The van der Waals surface area contributed by atoms with E-state index in [-0.39, 0.29) is 24.0 Å². The molecule has 2 aromatic heterocycles. The Kier molecular flexibility index (Phi) is 8.29. The van der Waals surface area contributed by atoms with Crippen molar-refractivity contribution < 1.29 is 4.42 Å². The Morgan fingerprint density at radius 3 is 2.76 bits per heavy atom. The average molecular weight is 473 g/mol. The Labute approximate surface area is 171 Å². The minimum atomic E-state index is 0. The van der Waals surface area contributed by atoms with E-state index in [2.05, 4.69) is 35.1 Å². The van der Waals surface area contributed by atoms with Crippen LogP contribution in [0.4, 0.5) is 0 Å². The fourth-order valence-corrected chi connectivity index (χ4v) is 3.72. The van der Waals surface area contributed by atoms with Gasteiger partial charge in [0.15, 0.2) is 5.96 Å². The molecule has 2 aromatic rings. The lowest BCUT2D eigenvalue weighted by molar-refractivity contribution is 0.131. The van der Waals surface area contributed by atoms with Crippen molar-refractivity contribution in [3.8, 4) is 0 Å². The van der Waals surface area contributed by atoms with E-state index in [1.165, 1.54) is 30.6 Å². The van der Waals surface area contributed by atoms with Crippen LogP contribution in [0.15, 0.2) is 45.3 Å². The Hall–Kier alpha value is -1.02. The van der Waals surface area contributed by atoms with Crippen LogP contribution >= 0.6 is 35.3 Å². The van der Waals surface area contributed by atoms with Gasteiger partial charge < -0.3 is 15.1 Å². The first kappa shape index (κ1) is 20.3. The second kappa shape index (κ2) is 10.2. The highest BCUT2D eigenvalue weighted by atomic mass is 127. The number of furan rings is 1. The predicted octanol–water partition coefficient (Wildman–Crippen LogP) is 4.82. The van der Waals surface area contributed by atoms with Gasteiger partial charge in [-0.2, -0.15) is 0 Å². The lowest BCUT2D eigenvalue weighted by Gasteiger charge is -2.41. The smallest absolute Gasteiger partial charge is 0.191 e. The van der Waals surface area contributed by atoms with Gasteiger partial charge in [0, 0.05) is 24.4 Å². The number of guanidine groups is 1. The van der Waals surface area contributed by atoms with Gasteiger partial charge in [-0.3, -0.25) is 0 Å². The molecule has 1 aliphatic carbocycles. The molecule has 138 valence electrons. The van der Waals surface area contributed by atoms with Crippen LogP contribution in [0.25, 0.3) is 0 Å². The van der Waals surface area contributed by atoms with E-state index in [0.29, 0.717) is 5.41 Å². The molecular formula is C19H28IN3OS. The molecule has 4 nitrogen and oxygen atoms in total. The summed E-state index contributed by atoms with van der Waals surface area (Å²) in [6.45, 7) is 4.87. The van der Waals surface area contributed by atoms with Gasteiger partial charge in [-0.1, -0.05) is 19.4 Å². The predicted molar refractivity (Wildman–Crippen MR) is 116 cm³/mol. The minimum Gasteiger partial charge on any atom is -0.469 e. The molecule has 25 heavy (non-hydrogen) atoms. The van der Waals surface area contributed by atoms with Gasteiger partial charge in [-0.15, -0.1) is 35.3 Å². The number of halogens is 1. The van der Waals surface area contributed by atoms with Crippen LogP contribution < -0.4 is 10.6 Å². The number of aliphatic imine (C=N–C) groups is 1. The van der Waals surface area contributed by atoms with Crippen LogP contribution in [-0.2, 0) is 13.0 Å². The summed E-state index contributed by atoms with van der Waals surface area (Å²) < 4.78 is 5.39. The van der Waals surface area contributed by atoms with Crippen molar-refractivity contribution >= 4 is 41.3 Å². The van der Waals surface area contributed by atoms with Crippen molar-refractivity contribution in [2.75, 3.05) is 13.1 Å². The number of nitrogens with zero attached hydrogens (tertiary/aromatic N) is 1. The molecule has 0 aliphatic heterocycles. The number of rotatable bonds is 8. The first-order valence-electron chi connectivity index (χ1n) is 8.87. The molecule has 1 fully saturated rings. The van der Waals surface area contributed by atoms with Crippen molar-refractivity contribution in [2.45, 2.75) is 45.6 Å². The largest absolute Gasteiger partial charge is 0.469 e. The maximum absolute atomic E-state index is 5.39. The van der Waals surface area contributed by atoms with E-state index in [1.807, 2.05) is 12.1 Å². The summed E-state index contributed by atoms with van der Waals surface area (Å²) in [6.07, 6.45) is 7.86. The van der Waals surface area contributed by atoms with Gasteiger partial charge in [0.05, 0.1) is 12.8 Å². The molecule has 1 saturated carbocycles. The summed E-state index contributed by atoms with van der Waals surface area (Å²) in [7, 11) is 0. The zero-order valence-corrected chi connectivity index (χ0v) is 17.9. The topological polar surface area (TPSA) is 49.6 Å². The molecule has 0 unspecified atom stereocenters. The Morgan fingerprint density at radius 2 is 2.16 bits per heavy atom. The number of nitrogens with one attached hydrogen (secondary N) is 2. The maximum Gasteiger partial charge on any atom is 0.191 e. The monoisotopic (exact) mass is 473 g/mol. The van der Waals surface area contributed by atoms with Gasteiger partial charge in [-0.25, -0.2) is 4.99 Å². The normalized spacial score (nSPS) is 16.0. The fourth-order valence-electron chi connectivity index (χ4n) is 3.10. The molecule has 2 N–H and O–H groups in total. The summed E-state index contributed by atoms with van der Waals surface area (Å²) in [5.41, 5.74) is 0.479. The summed E-state index contributed by atoms with van der Waals surface area (Å²) >= 11 is 1.75. The number of hydrogen-bond donors (Lipinski definition) is 2. The van der Waals surface area contributed by atoms with Crippen molar-refractivity contribution in [3.63, 3.8) is 0 Å². The van der Waals surface area contributed by atoms with E-state index in [4.69, 9.17) is 9.41 Å². The van der Waals surface area contributed by atoms with Crippen molar-refractivity contribution in [1.29, 1.82) is 0 Å². The Morgan fingerprint density at radius 1 is 1.28 bits per heavy atom. The Bertz CT molecular complexity index is 616. The summed E-state index contributed by atoms with van der Waals surface area (Å²) in [4.78, 5) is 6.04. The maximum atomic E-state index is 5.39. The van der Waals surface area contributed by atoms with Crippen LogP contribution in [0.5, 0.6) is 0 Å². The standard InChI is InChI=1S/C19H27N3OS.HI/c1-2-19(9-5-10-19)15-22-18(21-14-17-7-4-13-24-17)20-11-8-16-6-3-12-23-16;/h3-4,6-7,12-13H,2,5,8-11,14-15H2,1H3,(H2,20,21,22);1H. The van der Waals surface area contributed by atoms with Crippen LogP contribution in [0.1, 0.15) is 43.2 Å². The third-order valence-corrected chi connectivity index (χ3v) is 5.87. The van der Waals surface area contributed by atoms with E-state index in [0.717, 1.165) is 37.8 Å². The first-order chi connectivity index (χ1) is 11.8. The molecule has 1 aliphatic rings. The van der Waals surface area contributed by atoms with Crippen LogP contribution in [-0.4, -0.2) is 19.0 Å². The average Bonchev–Trinajstić information content (AvgIpc) is 3.25. The molecule has 0 amide bonds. The van der Waals surface area contributed by atoms with Gasteiger partial charge in [-0.05, 0) is 48.3 Å². The van der Waals surface area contributed by atoms with E-state index in [9.17, 15) is 0 Å². The molecule has 2 heterocycles. The first-order valence-corrected chi connectivity index (χ1v) is 9.75. The SMILES string of the molecule is CCC1(CNC(=NCc2cccs2)NCCc2ccco2)CCC1.I. The minimum absolute atomic E-state index is 0. The van der Waals surface area contributed by atoms with Gasteiger partial charge >= 0.3 is 0 Å². The van der Waals surface area contributed by atoms with Crippen molar-refractivity contribution in [2.24, 2.45) is 10.4 Å². The zero-order chi connectivity index (χ0) is 16.7. The van der Waals surface area contributed by atoms with Gasteiger partial charge in [0.1, 0.15) is 5.76 Å². The van der Waals surface area contributed by atoms with E-state index < -0.39 is 0 Å². The zero-order valence-electron chi connectivity index (χ0n) is 14.8. The van der Waals surface area contributed by atoms with E-state index >= 15 is 0 Å². The lowest BCUT2D eigenvalue weighted by atomic mass is 9.67. The quantitative estimate of drug-likeness (QED) is 0.329. The molecule has 0 radical (unpaired) electrons. The molecule has 6 heteroatoms. The molecule has 0 spiro atoms. The molecule has 0 aromatic carbocycles. The van der Waals surface area contributed by atoms with Gasteiger partial charge in [0.25, 0.3) is 0 Å². The van der Waals surface area contributed by atoms with Crippen LogP contribution in [0.3, 0.4) is 0 Å². The molecule has 3 rings (SSSR count). The van der Waals surface area contributed by atoms with Crippen molar-refractivity contribution in [3.05, 3.63) is 46.5 Å². The highest BCUT2D eigenvalue weighted by molar-refractivity contribution is 14.0.